The van der Waals surface area contributed by atoms with Crippen molar-refractivity contribution in [2.24, 2.45) is 0 Å². The van der Waals surface area contributed by atoms with Gasteiger partial charge in [-0.1, -0.05) is 11.6 Å². The molecule has 3 N–H and O–H groups in total. The van der Waals surface area contributed by atoms with Gasteiger partial charge >= 0.3 is 0 Å². The van der Waals surface area contributed by atoms with E-state index in [4.69, 9.17) is 22.6 Å². The number of nitrogen functional groups attached to an aromatic ring is 1. The van der Waals surface area contributed by atoms with E-state index in [1.807, 2.05) is 6.07 Å². The maximum absolute atomic E-state index is 12.9. The summed E-state index contributed by atoms with van der Waals surface area (Å²) in [4.78, 5) is 21.3. The second kappa shape index (κ2) is 8.42. The van der Waals surface area contributed by atoms with Crippen LogP contribution in [0.4, 0.5) is 5.95 Å². The van der Waals surface area contributed by atoms with Gasteiger partial charge in [0.25, 0.3) is 5.91 Å². The normalized spacial score (nSPS) is 11.9. The van der Waals surface area contributed by atoms with Gasteiger partial charge in [-0.15, -0.1) is 5.10 Å². The Balaban J connectivity index is 1.89. The molecular weight excluding hydrogens is 416 g/mol. The molecule has 0 spiro atoms. The Labute approximate surface area is 184 Å². The van der Waals surface area contributed by atoms with Crippen LogP contribution in [0.25, 0.3) is 5.82 Å². The van der Waals surface area contributed by atoms with Crippen molar-refractivity contribution in [3.05, 3.63) is 64.1 Å². The van der Waals surface area contributed by atoms with E-state index in [-0.39, 0.29) is 5.95 Å². The summed E-state index contributed by atoms with van der Waals surface area (Å²) in [6, 6.07) is 11.7. The second-order valence-corrected chi connectivity index (χ2v) is 7.85. The summed E-state index contributed by atoms with van der Waals surface area (Å²) >= 11 is 6.18. The van der Waals surface area contributed by atoms with Gasteiger partial charge in [0.15, 0.2) is 11.6 Å². The third kappa shape index (κ3) is 4.63. The van der Waals surface area contributed by atoms with Gasteiger partial charge in [-0.2, -0.15) is 20.2 Å². The summed E-state index contributed by atoms with van der Waals surface area (Å²) in [5.74, 6) is 0.386. The van der Waals surface area contributed by atoms with Crippen LogP contribution >= 0.6 is 11.6 Å². The predicted octanol–water partition coefficient (Wildman–Crippen LogP) is 3.06. The molecule has 0 fully saturated rings. The number of nitriles is 2. The van der Waals surface area contributed by atoms with Crippen LogP contribution in [0.2, 0.25) is 5.02 Å². The smallest absolute Gasteiger partial charge is 0.251 e. The Bertz CT molecular complexity index is 1220. The first-order valence-electron chi connectivity index (χ1n) is 9.26. The van der Waals surface area contributed by atoms with Crippen LogP contribution in [-0.2, 0) is 5.41 Å². The average molecular weight is 435 g/mol. The van der Waals surface area contributed by atoms with E-state index in [0.29, 0.717) is 33.4 Å². The zero-order valence-corrected chi connectivity index (χ0v) is 17.8. The van der Waals surface area contributed by atoms with Gasteiger partial charge in [0.2, 0.25) is 5.95 Å². The van der Waals surface area contributed by atoms with Gasteiger partial charge in [0, 0.05) is 16.8 Å². The SMILES string of the molecule is C[C@H](NC(=O)c1cc(Cl)cc(C(C)(C)C#N)c1)c1nc(N)nn1-c1ccc(C#N)cn1. The van der Waals surface area contributed by atoms with Crippen LogP contribution in [0.5, 0.6) is 0 Å². The van der Waals surface area contributed by atoms with E-state index in [1.54, 1.807) is 45.0 Å². The lowest BCUT2D eigenvalue weighted by atomic mass is 9.85. The number of nitrogens with one attached hydrogen (secondary N) is 1. The van der Waals surface area contributed by atoms with Crippen molar-refractivity contribution in [2.75, 3.05) is 5.73 Å². The Morgan fingerprint density at radius 1 is 1.29 bits per heavy atom. The van der Waals surface area contributed by atoms with Crippen molar-refractivity contribution in [2.45, 2.75) is 32.2 Å². The summed E-state index contributed by atoms with van der Waals surface area (Å²) in [5, 5.41) is 25.7. The van der Waals surface area contributed by atoms with E-state index in [0.717, 1.165) is 0 Å². The van der Waals surface area contributed by atoms with E-state index in [9.17, 15) is 10.1 Å². The molecule has 1 atom stereocenters. The van der Waals surface area contributed by atoms with Crippen molar-refractivity contribution in [1.82, 2.24) is 25.1 Å². The van der Waals surface area contributed by atoms with Gasteiger partial charge in [0.05, 0.1) is 23.1 Å². The highest BCUT2D eigenvalue weighted by atomic mass is 35.5. The number of carbonyl (C=O) groups is 1. The number of carbonyl (C=O) groups excluding carboxylic acids is 1. The van der Waals surface area contributed by atoms with Gasteiger partial charge < -0.3 is 11.1 Å². The molecule has 0 aliphatic rings. The van der Waals surface area contributed by atoms with Crippen molar-refractivity contribution in [1.29, 1.82) is 10.5 Å². The van der Waals surface area contributed by atoms with Gasteiger partial charge in [-0.05, 0) is 56.7 Å². The molecule has 0 unspecified atom stereocenters. The highest BCUT2D eigenvalue weighted by molar-refractivity contribution is 6.31. The highest BCUT2D eigenvalue weighted by Gasteiger charge is 2.24. The molecule has 10 heteroatoms. The van der Waals surface area contributed by atoms with Crippen molar-refractivity contribution in [3.8, 4) is 18.0 Å². The minimum Gasteiger partial charge on any atom is -0.366 e. The van der Waals surface area contributed by atoms with Crippen LogP contribution in [0.3, 0.4) is 0 Å². The first kappa shape index (κ1) is 21.8. The molecule has 0 saturated heterocycles. The van der Waals surface area contributed by atoms with Crippen LogP contribution in [0.15, 0.2) is 36.5 Å². The molecule has 2 aromatic heterocycles. The summed E-state index contributed by atoms with van der Waals surface area (Å²) < 4.78 is 1.41. The number of nitrogens with two attached hydrogens (primary N) is 1. The largest absolute Gasteiger partial charge is 0.366 e. The fourth-order valence-electron chi connectivity index (χ4n) is 2.86. The molecule has 0 bridgehead atoms. The van der Waals surface area contributed by atoms with E-state index in [1.165, 1.54) is 16.9 Å². The maximum Gasteiger partial charge on any atom is 0.251 e. The number of halogens is 1. The summed E-state index contributed by atoms with van der Waals surface area (Å²) in [6.07, 6.45) is 1.41. The minimum atomic E-state index is -0.804. The minimum absolute atomic E-state index is 0.0167. The molecule has 0 aliphatic heterocycles. The number of aromatic nitrogens is 4. The van der Waals surface area contributed by atoms with Crippen molar-refractivity contribution in [3.63, 3.8) is 0 Å². The van der Waals surface area contributed by atoms with E-state index < -0.39 is 17.4 Å². The van der Waals surface area contributed by atoms with Crippen LogP contribution in [0.1, 0.15) is 54.1 Å². The van der Waals surface area contributed by atoms with Gasteiger partial charge in [0.1, 0.15) is 6.07 Å². The Kier molecular flexibility index (Phi) is 5.91. The number of anilines is 1. The lowest BCUT2D eigenvalue weighted by Crippen LogP contribution is -2.29. The lowest BCUT2D eigenvalue weighted by molar-refractivity contribution is 0.0937. The zero-order valence-electron chi connectivity index (χ0n) is 17.1. The highest BCUT2D eigenvalue weighted by Crippen LogP contribution is 2.27. The molecule has 156 valence electrons. The first-order chi connectivity index (χ1) is 14.6. The molecule has 0 radical (unpaired) electrons. The predicted molar refractivity (Wildman–Crippen MR) is 114 cm³/mol. The van der Waals surface area contributed by atoms with Gasteiger partial charge in [-0.25, -0.2) is 4.98 Å². The summed E-state index contributed by atoms with van der Waals surface area (Å²) in [6.45, 7) is 5.23. The number of rotatable bonds is 5. The number of hydrogen-bond acceptors (Lipinski definition) is 7. The number of pyridine rings is 1. The van der Waals surface area contributed by atoms with Crippen LogP contribution in [-0.4, -0.2) is 25.7 Å². The van der Waals surface area contributed by atoms with Crippen molar-refractivity contribution >= 4 is 23.5 Å². The molecule has 0 saturated carbocycles. The third-order valence-corrected chi connectivity index (χ3v) is 4.86. The third-order valence-electron chi connectivity index (χ3n) is 4.64. The van der Waals surface area contributed by atoms with Gasteiger partial charge in [-0.3, -0.25) is 4.79 Å². The molecule has 1 amide bonds. The summed E-state index contributed by atoms with van der Waals surface area (Å²) in [5.41, 5.74) is 6.31. The van der Waals surface area contributed by atoms with Crippen molar-refractivity contribution < 1.29 is 4.79 Å². The zero-order chi connectivity index (χ0) is 22.8. The molecule has 3 rings (SSSR count). The first-order valence-corrected chi connectivity index (χ1v) is 9.64. The molecule has 3 aromatic rings. The summed E-state index contributed by atoms with van der Waals surface area (Å²) in [7, 11) is 0. The lowest BCUT2D eigenvalue weighted by Gasteiger charge is -2.18. The van der Waals surface area contributed by atoms with Crippen LogP contribution < -0.4 is 11.1 Å². The molecule has 2 heterocycles. The van der Waals surface area contributed by atoms with E-state index in [2.05, 4.69) is 26.5 Å². The Hall–Kier alpha value is -3.95. The molecule has 31 heavy (non-hydrogen) atoms. The monoisotopic (exact) mass is 434 g/mol. The topological polar surface area (TPSA) is 146 Å². The quantitative estimate of drug-likeness (QED) is 0.627. The van der Waals surface area contributed by atoms with Crippen LogP contribution in [0, 0.1) is 22.7 Å². The fraction of sp³-hybridized carbons (Fsp3) is 0.238. The molecular formula is C21H19ClN8O. The number of hydrogen-bond donors (Lipinski definition) is 2. The average Bonchev–Trinajstić information content (AvgIpc) is 3.15. The molecule has 9 nitrogen and oxygen atoms in total. The second-order valence-electron chi connectivity index (χ2n) is 7.42. The van der Waals surface area contributed by atoms with E-state index >= 15 is 0 Å². The standard InChI is InChI=1S/C21H19ClN8O/c1-12(18-28-20(25)29-30(18)17-5-4-13(9-23)10-26-17)27-19(31)14-6-15(8-16(22)7-14)21(2,3)11-24/h4-8,10,12H,1-3H3,(H2,25,29)(H,27,31)/t12-/m0/s1. The number of amides is 1. The Morgan fingerprint density at radius 2 is 2.03 bits per heavy atom. The number of benzene rings is 1. The molecule has 0 aliphatic carbocycles. The number of nitrogens with zero attached hydrogens (tertiary/aromatic N) is 6. The Morgan fingerprint density at radius 3 is 2.65 bits per heavy atom. The fourth-order valence-corrected chi connectivity index (χ4v) is 3.09. The molecule has 1 aromatic carbocycles. The maximum atomic E-state index is 12.9.